The van der Waals surface area contributed by atoms with E-state index >= 15 is 0 Å². The van der Waals surface area contributed by atoms with Gasteiger partial charge in [-0.25, -0.2) is 9.37 Å². The van der Waals surface area contributed by atoms with Gasteiger partial charge in [-0.15, -0.1) is 0 Å². The number of nitrogens with zero attached hydrogens (tertiary/aromatic N) is 2. The first-order valence-electron chi connectivity index (χ1n) is 7.55. The van der Waals surface area contributed by atoms with Crippen molar-refractivity contribution >= 4 is 11.7 Å². The third-order valence-electron chi connectivity index (χ3n) is 4.49. The number of anilines is 1. The molecule has 2 N–H and O–H groups in total. The van der Waals surface area contributed by atoms with Crippen molar-refractivity contribution in [3.63, 3.8) is 0 Å². The van der Waals surface area contributed by atoms with Crippen molar-refractivity contribution in [1.82, 2.24) is 15.2 Å². The second kappa shape index (κ2) is 5.97. The zero-order valence-electron chi connectivity index (χ0n) is 12.2. The molecule has 2 saturated heterocycles. The highest BCUT2D eigenvalue weighted by Gasteiger charge is 2.32. The first kappa shape index (κ1) is 14.3. The van der Waals surface area contributed by atoms with Gasteiger partial charge in [0.05, 0.1) is 11.8 Å². The number of halogens is 1. The monoisotopic (exact) mass is 292 g/mol. The minimum atomic E-state index is -0.496. The molecule has 1 aromatic rings. The highest BCUT2D eigenvalue weighted by atomic mass is 19.1. The number of fused-ring (bicyclic) bond motifs is 1. The first-order chi connectivity index (χ1) is 10.2. The summed E-state index contributed by atoms with van der Waals surface area (Å²) in [6.45, 7) is 2.22. The van der Waals surface area contributed by atoms with Crippen molar-refractivity contribution in [3.05, 3.63) is 23.6 Å². The van der Waals surface area contributed by atoms with Crippen molar-refractivity contribution in [2.24, 2.45) is 0 Å². The quantitative estimate of drug-likeness (QED) is 0.889. The maximum absolute atomic E-state index is 13.3. The first-order valence-corrected chi connectivity index (χ1v) is 7.55. The average molecular weight is 292 g/mol. The third-order valence-corrected chi connectivity index (χ3v) is 4.49. The van der Waals surface area contributed by atoms with E-state index in [9.17, 15) is 9.18 Å². The lowest BCUT2D eigenvalue weighted by Crippen LogP contribution is -2.47. The van der Waals surface area contributed by atoms with Crippen molar-refractivity contribution in [2.75, 3.05) is 25.5 Å². The highest BCUT2D eigenvalue weighted by Crippen LogP contribution is 2.27. The molecule has 5 nitrogen and oxygen atoms in total. The molecule has 2 fully saturated rings. The van der Waals surface area contributed by atoms with Gasteiger partial charge in [-0.1, -0.05) is 0 Å². The van der Waals surface area contributed by atoms with Gasteiger partial charge in [0, 0.05) is 25.7 Å². The molecule has 3 heterocycles. The molecule has 114 valence electrons. The fourth-order valence-corrected chi connectivity index (χ4v) is 3.43. The van der Waals surface area contributed by atoms with Crippen LogP contribution in [-0.4, -0.2) is 48.0 Å². The molecular weight excluding hydrogens is 271 g/mol. The Morgan fingerprint density at radius 1 is 1.43 bits per heavy atom. The van der Waals surface area contributed by atoms with Crippen LogP contribution in [0.3, 0.4) is 0 Å². The highest BCUT2D eigenvalue weighted by molar-refractivity contribution is 5.98. The number of nitrogens with one attached hydrogen (secondary N) is 2. The summed E-state index contributed by atoms with van der Waals surface area (Å²) in [5, 5.41) is 5.87. The Morgan fingerprint density at radius 2 is 2.29 bits per heavy atom. The number of rotatable bonds is 3. The van der Waals surface area contributed by atoms with E-state index < -0.39 is 5.82 Å². The summed E-state index contributed by atoms with van der Waals surface area (Å²) in [6.07, 6.45) is 5.53. The molecule has 0 aromatic carbocycles. The van der Waals surface area contributed by atoms with E-state index in [2.05, 4.69) is 20.5 Å². The number of hydrogen-bond acceptors (Lipinski definition) is 4. The van der Waals surface area contributed by atoms with E-state index in [1.165, 1.54) is 25.5 Å². The Bertz CT molecular complexity index is 536. The van der Waals surface area contributed by atoms with E-state index in [0.717, 1.165) is 25.6 Å². The van der Waals surface area contributed by atoms with E-state index in [1.54, 1.807) is 7.05 Å². The van der Waals surface area contributed by atoms with Crippen LogP contribution >= 0.6 is 0 Å². The standard InChI is InChI=1S/C15H21FN4O/c1-17-14-13(7-10(16)9-18-14)15(21)19-11-4-6-20-5-2-3-12(20)8-11/h7,9,11-12H,2-6,8H2,1H3,(H,17,18)(H,19,21). The van der Waals surface area contributed by atoms with Gasteiger partial charge in [0.25, 0.3) is 5.91 Å². The van der Waals surface area contributed by atoms with Crippen LogP contribution in [0, 0.1) is 5.82 Å². The molecule has 2 aliphatic rings. The molecule has 0 saturated carbocycles. The van der Waals surface area contributed by atoms with E-state index in [1.807, 2.05) is 0 Å². The fourth-order valence-electron chi connectivity index (χ4n) is 3.43. The topological polar surface area (TPSA) is 57.3 Å². The molecule has 2 atom stereocenters. The Balaban J connectivity index is 1.67. The third kappa shape index (κ3) is 3.00. The summed E-state index contributed by atoms with van der Waals surface area (Å²) < 4.78 is 13.3. The minimum Gasteiger partial charge on any atom is -0.372 e. The number of pyridine rings is 1. The number of piperidine rings is 1. The number of carbonyl (C=O) groups excluding carboxylic acids is 1. The maximum Gasteiger partial charge on any atom is 0.255 e. The molecule has 1 amide bonds. The van der Waals surface area contributed by atoms with E-state index in [4.69, 9.17) is 0 Å². The van der Waals surface area contributed by atoms with Crippen LogP contribution in [0.2, 0.25) is 0 Å². The molecule has 2 aliphatic heterocycles. The second-order valence-electron chi connectivity index (χ2n) is 5.83. The molecule has 21 heavy (non-hydrogen) atoms. The lowest BCUT2D eigenvalue weighted by Gasteiger charge is -2.35. The normalized spacial score (nSPS) is 25.4. The second-order valence-corrected chi connectivity index (χ2v) is 5.83. The maximum atomic E-state index is 13.3. The number of carbonyl (C=O) groups is 1. The Labute approximate surface area is 123 Å². The Kier molecular flexibility index (Phi) is 4.05. The molecule has 0 aliphatic carbocycles. The van der Waals surface area contributed by atoms with Gasteiger partial charge < -0.3 is 15.5 Å². The van der Waals surface area contributed by atoms with Crippen LogP contribution < -0.4 is 10.6 Å². The summed E-state index contributed by atoms with van der Waals surface area (Å²) >= 11 is 0. The predicted octanol–water partition coefficient (Wildman–Crippen LogP) is 1.62. The molecule has 1 aromatic heterocycles. The van der Waals surface area contributed by atoms with Crippen LogP contribution in [0.4, 0.5) is 10.2 Å². The van der Waals surface area contributed by atoms with Crippen molar-refractivity contribution < 1.29 is 9.18 Å². The smallest absolute Gasteiger partial charge is 0.255 e. The van der Waals surface area contributed by atoms with Crippen molar-refractivity contribution in [1.29, 1.82) is 0 Å². The number of aromatic nitrogens is 1. The zero-order valence-corrected chi connectivity index (χ0v) is 12.2. The SMILES string of the molecule is CNc1ncc(F)cc1C(=O)NC1CCN2CCCC2C1. The number of amides is 1. The van der Waals surface area contributed by atoms with Gasteiger partial charge in [0.2, 0.25) is 0 Å². The summed E-state index contributed by atoms with van der Waals surface area (Å²) in [5.41, 5.74) is 0.270. The van der Waals surface area contributed by atoms with Crippen molar-refractivity contribution in [2.45, 2.75) is 37.8 Å². The van der Waals surface area contributed by atoms with Gasteiger partial charge in [-0.05, 0) is 38.3 Å². The molecule has 0 radical (unpaired) electrons. The molecule has 6 heteroatoms. The molecule has 2 unspecified atom stereocenters. The molecule has 0 spiro atoms. The summed E-state index contributed by atoms with van der Waals surface area (Å²) in [6, 6.07) is 2.00. The zero-order chi connectivity index (χ0) is 14.8. The molecule has 3 rings (SSSR count). The van der Waals surface area contributed by atoms with Gasteiger partial charge in [-0.2, -0.15) is 0 Å². The molecule has 0 bridgehead atoms. The summed E-state index contributed by atoms with van der Waals surface area (Å²) in [5.74, 6) is -0.334. The Hall–Kier alpha value is -1.69. The number of hydrogen-bond donors (Lipinski definition) is 2. The molecular formula is C15H21FN4O. The minimum absolute atomic E-state index is 0.171. The van der Waals surface area contributed by atoms with Gasteiger partial charge in [0.1, 0.15) is 11.6 Å². The van der Waals surface area contributed by atoms with Crippen LogP contribution in [-0.2, 0) is 0 Å². The fraction of sp³-hybridized carbons (Fsp3) is 0.600. The van der Waals surface area contributed by atoms with E-state index in [0.29, 0.717) is 11.9 Å². The largest absolute Gasteiger partial charge is 0.372 e. The van der Waals surface area contributed by atoms with Gasteiger partial charge in [0.15, 0.2) is 0 Å². The van der Waals surface area contributed by atoms with Crippen LogP contribution in [0.5, 0.6) is 0 Å². The summed E-state index contributed by atoms with van der Waals surface area (Å²) in [4.78, 5) is 18.8. The van der Waals surface area contributed by atoms with Crippen LogP contribution in [0.25, 0.3) is 0 Å². The van der Waals surface area contributed by atoms with Crippen molar-refractivity contribution in [3.8, 4) is 0 Å². The van der Waals surface area contributed by atoms with Crippen LogP contribution in [0.15, 0.2) is 12.3 Å². The lowest BCUT2D eigenvalue weighted by atomic mass is 9.97. The average Bonchev–Trinajstić information content (AvgIpc) is 2.94. The Morgan fingerprint density at radius 3 is 3.10 bits per heavy atom. The van der Waals surface area contributed by atoms with Crippen LogP contribution in [0.1, 0.15) is 36.0 Å². The van der Waals surface area contributed by atoms with Gasteiger partial charge in [-0.3, -0.25) is 4.79 Å². The van der Waals surface area contributed by atoms with Gasteiger partial charge >= 0.3 is 0 Å². The van der Waals surface area contributed by atoms with E-state index in [-0.39, 0.29) is 17.5 Å². The predicted molar refractivity (Wildman–Crippen MR) is 78.8 cm³/mol. The lowest BCUT2D eigenvalue weighted by molar-refractivity contribution is 0.0896. The summed E-state index contributed by atoms with van der Waals surface area (Å²) in [7, 11) is 1.67.